The van der Waals surface area contributed by atoms with Crippen LogP contribution in [0.1, 0.15) is 6.92 Å². The molecule has 0 bridgehead atoms. The number of quaternary nitrogens is 1. The molecule has 1 unspecified atom stereocenters. The van der Waals surface area contributed by atoms with Crippen molar-refractivity contribution < 1.29 is 24.1 Å². The Balaban J connectivity index is 2.03. The first-order chi connectivity index (χ1) is 14.3. The zero-order valence-electron chi connectivity index (χ0n) is 17.2. The van der Waals surface area contributed by atoms with Crippen molar-refractivity contribution >= 4 is 40.6 Å². The Bertz CT molecular complexity index is 937. The van der Waals surface area contributed by atoms with Crippen molar-refractivity contribution in [2.24, 2.45) is 0 Å². The number of nitro benzene ring substituents is 1. The Labute approximate surface area is 178 Å². The van der Waals surface area contributed by atoms with Crippen molar-refractivity contribution in [3.63, 3.8) is 0 Å². The Morgan fingerprint density at radius 3 is 2.53 bits per heavy atom. The number of carbonyl (C=O) groups is 2. The van der Waals surface area contributed by atoms with Gasteiger partial charge in [-0.3, -0.25) is 19.7 Å². The summed E-state index contributed by atoms with van der Waals surface area (Å²) in [5.74, 6) is -0.296. The number of nitrogens with zero attached hydrogens (tertiary/aromatic N) is 1. The Kier molecular flexibility index (Phi) is 8.19. The monoisotopic (exact) mass is 433 g/mol. The molecule has 2 rings (SSSR count). The number of anilines is 2. The first kappa shape index (κ1) is 23.2. The fraction of sp³-hybridized carbons (Fsp3) is 0.300. The highest BCUT2D eigenvalue weighted by atomic mass is 32.2. The number of amides is 2. The molecule has 0 aromatic heterocycles. The standard InChI is InChI=1S/C20H24N4O5S/c1-13(20(26)22-16-11-14(24(27)28)9-10-17(16)29-3)23(2)12-19(25)21-15-7-5-6-8-18(15)30-4/h5-11,13H,12H2,1-4H3,(H,21,25)(H,22,26)/p+1/t13-/m1/s1. The van der Waals surface area contributed by atoms with Crippen LogP contribution in [0.5, 0.6) is 5.75 Å². The van der Waals surface area contributed by atoms with Crippen LogP contribution in [0, 0.1) is 10.1 Å². The molecule has 2 amide bonds. The number of ether oxygens (including phenoxy) is 1. The third kappa shape index (κ3) is 5.94. The van der Waals surface area contributed by atoms with Crippen LogP contribution in [0.2, 0.25) is 0 Å². The smallest absolute Gasteiger partial charge is 0.282 e. The summed E-state index contributed by atoms with van der Waals surface area (Å²) < 4.78 is 5.16. The van der Waals surface area contributed by atoms with Gasteiger partial charge in [-0.05, 0) is 31.4 Å². The summed E-state index contributed by atoms with van der Waals surface area (Å²) >= 11 is 1.53. The van der Waals surface area contributed by atoms with Gasteiger partial charge in [-0.1, -0.05) is 12.1 Å². The maximum absolute atomic E-state index is 12.7. The molecule has 0 saturated heterocycles. The molecule has 10 heteroatoms. The van der Waals surface area contributed by atoms with Crippen molar-refractivity contribution in [1.82, 2.24) is 0 Å². The summed E-state index contributed by atoms with van der Waals surface area (Å²) in [5.41, 5.74) is 0.766. The first-order valence-electron chi connectivity index (χ1n) is 9.15. The lowest BCUT2D eigenvalue weighted by Gasteiger charge is -2.21. The number of carbonyl (C=O) groups excluding carboxylic acids is 2. The highest BCUT2D eigenvalue weighted by Crippen LogP contribution is 2.29. The number of hydrogen-bond donors (Lipinski definition) is 3. The number of nitro groups is 1. The fourth-order valence-electron chi connectivity index (χ4n) is 2.72. The van der Waals surface area contributed by atoms with E-state index in [0.717, 1.165) is 10.6 Å². The van der Waals surface area contributed by atoms with Gasteiger partial charge in [-0.15, -0.1) is 11.8 Å². The van der Waals surface area contributed by atoms with E-state index in [-0.39, 0.29) is 29.7 Å². The highest BCUT2D eigenvalue weighted by Gasteiger charge is 2.25. The molecule has 0 aliphatic heterocycles. The molecule has 0 spiro atoms. The van der Waals surface area contributed by atoms with Gasteiger partial charge in [0.05, 0.1) is 30.5 Å². The van der Waals surface area contributed by atoms with Gasteiger partial charge in [0.25, 0.3) is 17.5 Å². The van der Waals surface area contributed by atoms with Gasteiger partial charge in [0.2, 0.25) is 0 Å². The van der Waals surface area contributed by atoms with Crippen LogP contribution in [0.25, 0.3) is 0 Å². The minimum absolute atomic E-state index is 0.0728. The van der Waals surface area contributed by atoms with Crippen molar-refractivity contribution in [1.29, 1.82) is 0 Å². The number of likely N-dealkylation sites (N-methyl/N-ethyl adjacent to an activating group) is 1. The van der Waals surface area contributed by atoms with Crippen LogP contribution >= 0.6 is 11.8 Å². The number of non-ortho nitro benzene ring substituents is 1. The molecular formula is C20H25N4O5S+. The molecule has 0 radical (unpaired) electrons. The third-order valence-electron chi connectivity index (χ3n) is 4.60. The topological polar surface area (TPSA) is 115 Å². The Morgan fingerprint density at radius 2 is 1.90 bits per heavy atom. The molecular weight excluding hydrogens is 408 g/mol. The van der Waals surface area contributed by atoms with Gasteiger partial charge in [-0.2, -0.15) is 0 Å². The molecule has 3 N–H and O–H groups in total. The number of methoxy groups -OCH3 is 1. The van der Waals surface area contributed by atoms with E-state index in [0.29, 0.717) is 10.6 Å². The highest BCUT2D eigenvalue weighted by molar-refractivity contribution is 7.98. The molecule has 9 nitrogen and oxygen atoms in total. The van der Waals surface area contributed by atoms with Crippen molar-refractivity contribution in [3.8, 4) is 5.75 Å². The molecule has 0 aliphatic carbocycles. The fourth-order valence-corrected chi connectivity index (χ4v) is 3.27. The van der Waals surface area contributed by atoms with E-state index in [4.69, 9.17) is 4.74 Å². The average Bonchev–Trinajstić information content (AvgIpc) is 2.73. The number of hydrogen-bond acceptors (Lipinski definition) is 6. The number of nitrogens with one attached hydrogen (secondary N) is 3. The van der Waals surface area contributed by atoms with Gasteiger partial charge in [-0.25, -0.2) is 0 Å². The van der Waals surface area contributed by atoms with E-state index in [1.165, 1.54) is 37.1 Å². The number of rotatable bonds is 9. The average molecular weight is 434 g/mol. The Morgan fingerprint density at radius 1 is 1.20 bits per heavy atom. The van der Waals surface area contributed by atoms with Crippen LogP contribution in [-0.4, -0.2) is 49.7 Å². The Hall–Kier alpha value is -3.11. The quantitative estimate of drug-likeness (QED) is 0.316. The zero-order valence-corrected chi connectivity index (χ0v) is 18.0. The second-order valence-electron chi connectivity index (χ2n) is 6.62. The normalized spacial score (nSPS) is 12.5. The first-order valence-corrected chi connectivity index (χ1v) is 10.4. The van der Waals surface area contributed by atoms with Crippen LogP contribution in [0.3, 0.4) is 0 Å². The van der Waals surface area contributed by atoms with Gasteiger partial charge >= 0.3 is 0 Å². The van der Waals surface area contributed by atoms with Crippen molar-refractivity contribution in [2.75, 3.05) is 37.6 Å². The molecule has 0 saturated carbocycles. The molecule has 0 aliphatic rings. The second kappa shape index (κ2) is 10.6. The minimum Gasteiger partial charge on any atom is -0.495 e. The van der Waals surface area contributed by atoms with E-state index in [9.17, 15) is 19.7 Å². The van der Waals surface area contributed by atoms with Gasteiger partial charge in [0.1, 0.15) is 5.75 Å². The lowest BCUT2D eigenvalue weighted by molar-refractivity contribution is -0.885. The van der Waals surface area contributed by atoms with Crippen LogP contribution < -0.4 is 20.3 Å². The van der Waals surface area contributed by atoms with Crippen molar-refractivity contribution in [3.05, 3.63) is 52.6 Å². The van der Waals surface area contributed by atoms with Crippen molar-refractivity contribution in [2.45, 2.75) is 17.9 Å². The number of para-hydroxylation sites is 1. The molecule has 30 heavy (non-hydrogen) atoms. The van der Waals surface area contributed by atoms with Crippen LogP contribution in [0.4, 0.5) is 17.1 Å². The number of benzene rings is 2. The maximum atomic E-state index is 12.7. The predicted octanol–water partition coefficient (Wildman–Crippen LogP) is 1.81. The maximum Gasteiger partial charge on any atom is 0.282 e. The number of thioether (sulfide) groups is 1. The summed E-state index contributed by atoms with van der Waals surface area (Å²) in [7, 11) is 3.14. The second-order valence-corrected chi connectivity index (χ2v) is 7.47. The summed E-state index contributed by atoms with van der Waals surface area (Å²) in [4.78, 5) is 37.1. The largest absolute Gasteiger partial charge is 0.495 e. The molecule has 0 heterocycles. The summed E-state index contributed by atoms with van der Waals surface area (Å²) in [6, 6.07) is 10.9. The lowest BCUT2D eigenvalue weighted by Crippen LogP contribution is -3.14. The minimum atomic E-state index is -0.587. The lowest BCUT2D eigenvalue weighted by atomic mass is 10.2. The summed E-state index contributed by atoms with van der Waals surface area (Å²) in [6.07, 6.45) is 1.93. The van der Waals surface area contributed by atoms with E-state index in [2.05, 4.69) is 10.6 Å². The van der Waals surface area contributed by atoms with E-state index in [1.807, 2.05) is 30.5 Å². The van der Waals surface area contributed by atoms with Gasteiger partial charge < -0.3 is 20.3 Å². The molecule has 2 aromatic carbocycles. The van der Waals surface area contributed by atoms with E-state index < -0.39 is 11.0 Å². The molecule has 0 fully saturated rings. The molecule has 2 atom stereocenters. The summed E-state index contributed by atoms with van der Waals surface area (Å²) in [6.45, 7) is 1.75. The third-order valence-corrected chi connectivity index (χ3v) is 5.40. The predicted molar refractivity (Wildman–Crippen MR) is 116 cm³/mol. The molecule has 2 aromatic rings. The molecule has 160 valence electrons. The summed E-state index contributed by atoms with van der Waals surface area (Å²) in [5, 5.41) is 16.5. The SMILES string of the molecule is COc1ccc([N+](=O)[O-])cc1NC(=O)[C@@H](C)[NH+](C)CC(=O)Nc1ccccc1SC. The van der Waals surface area contributed by atoms with Crippen LogP contribution in [0.15, 0.2) is 47.4 Å². The van der Waals surface area contributed by atoms with Gasteiger partial charge in [0.15, 0.2) is 12.6 Å². The van der Waals surface area contributed by atoms with Gasteiger partial charge in [0, 0.05) is 17.0 Å². The van der Waals surface area contributed by atoms with Crippen LogP contribution in [-0.2, 0) is 9.59 Å². The van der Waals surface area contributed by atoms with E-state index >= 15 is 0 Å². The zero-order chi connectivity index (χ0) is 22.3. The van der Waals surface area contributed by atoms with E-state index in [1.54, 1.807) is 14.0 Å².